The minimum atomic E-state index is -0.290. The smallest absolute Gasteiger partial charge is 0.244 e. The fraction of sp³-hybridized carbons (Fsp3) is 0.765. The average molecular weight is 392 g/mol. The number of carbonyl (C=O) groups excluding carboxylic acids is 1. The molecule has 3 rings (SSSR count). The highest BCUT2D eigenvalue weighted by Gasteiger charge is 2.29. The molecule has 1 aromatic heterocycles. The van der Waals surface area contributed by atoms with Gasteiger partial charge in [0.15, 0.2) is 0 Å². The third-order valence-corrected chi connectivity index (χ3v) is 5.28. The van der Waals surface area contributed by atoms with E-state index in [1.54, 1.807) is 10.9 Å². The molecule has 25 heavy (non-hydrogen) atoms. The lowest BCUT2D eigenvalue weighted by Gasteiger charge is -2.28. The quantitative estimate of drug-likeness (QED) is 0.852. The Kier molecular flexibility index (Phi) is 9.21. The first kappa shape index (κ1) is 22.2. The van der Waals surface area contributed by atoms with Gasteiger partial charge in [0.05, 0.1) is 6.20 Å². The first-order valence-electron chi connectivity index (χ1n) is 8.87. The highest BCUT2D eigenvalue weighted by Crippen LogP contribution is 2.25. The molecular formula is C17H31Cl2N5O. The Morgan fingerprint density at radius 3 is 2.48 bits per heavy atom. The van der Waals surface area contributed by atoms with Crippen LogP contribution in [0.25, 0.3) is 0 Å². The molecule has 1 amide bonds. The summed E-state index contributed by atoms with van der Waals surface area (Å²) in [7, 11) is 3.73. The molecular weight excluding hydrogens is 361 g/mol. The number of nitrogens with one attached hydrogen (secondary N) is 1. The van der Waals surface area contributed by atoms with Crippen molar-refractivity contribution < 1.29 is 4.79 Å². The number of halogens is 2. The molecule has 1 aromatic rings. The molecule has 144 valence electrons. The largest absolute Gasteiger partial charge is 0.340 e. The van der Waals surface area contributed by atoms with Gasteiger partial charge in [-0.05, 0) is 26.3 Å². The Hall–Kier alpha value is -0.820. The normalized spacial score (nSPS) is 20.5. The molecule has 0 bridgehead atoms. The van der Waals surface area contributed by atoms with Crippen molar-refractivity contribution in [2.24, 2.45) is 7.05 Å². The Balaban J connectivity index is 0.00000156. The summed E-state index contributed by atoms with van der Waals surface area (Å²) < 4.78 is 1.75. The number of hydrogen-bond acceptors (Lipinski definition) is 4. The van der Waals surface area contributed by atoms with Crippen molar-refractivity contribution in [1.82, 2.24) is 24.9 Å². The van der Waals surface area contributed by atoms with Gasteiger partial charge in [-0.15, -0.1) is 24.8 Å². The Bertz CT molecular complexity index is 533. The van der Waals surface area contributed by atoms with Crippen LogP contribution in [0.5, 0.6) is 0 Å². The van der Waals surface area contributed by atoms with Crippen molar-refractivity contribution in [2.45, 2.75) is 44.2 Å². The second-order valence-electron chi connectivity index (χ2n) is 6.82. The van der Waals surface area contributed by atoms with E-state index >= 15 is 0 Å². The van der Waals surface area contributed by atoms with Gasteiger partial charge in [-0.2, -0.15) is 5.10 Å². The topological polar surface area (TPSA) is 53.4 Å². The lowest BCUT2D eigenvalue weighted by Crippen LogP contribution is -2.42. The van der Waals surface area contributed by atoms with E-state index in [0.717, 1.165) is 44.2 Å². The zero-order chi connectivity index (χ0) is 16.2. The Morgan fingerprint density at radius 2 is 1.88 bits per heavy atom. The maximum atomic E-state index is 12.9. The van der Waals surface area contributed by atoms with Crippen LogP contribution in [0, 0.1) is 0 Å². The number of amides is 1. The highest BCUT2D eigenvalue weighted by molar-refractivity contribution is 5.85. The van der Waals surface area contributed by atoms with Crippen LogP contribution in [0.3, 0.4) is 0 Å². The molecule has 0 aromatic carbocycles. The second kappa shape index (κ2) is 10.4. The number of rotatable bonds is 4. The highest BCUT2D eigenvalue weighted by atomic mass is 35.5. The number of carbonyl (C=O) groups is 1. The summed E-state index contributed by atoms with van der Waals surface area (Å²) in [5.41, 5.74) is 0.942. The minimum absolute atomic E-state index is 0. The fourth-order valence-electron chi connectivity index (χ4n) is 4.00. The molecule has 1 N–H and O–H groups in total. The summed E-state index contributed by atoms with van der Waals surface area (Å²) in [6.45, 7) is 3.85. The van der Waals surface area contributed by atoms with Crippen molar-refractivity contribution in [3.63, 3.8) is 0 Å². The van der Waals surface area contributed by atoms with E-state index in [-0.39, 0.29) is 36.8 Å². The van der Waals surface area contributed by atoms with E-state index in [1.807, 2.05) is 25.2 Å². The lowest BCUT2D eigenvalue weighted by molar-refractivity contribution is -0.133. The zero-order valence-corrected chi connectivity index (χ0v) is 16.8. The molecule has 0 radical (unpaired) electrons. The summed E-state index contributed by atoms with van der Waals surface area (Å²) in [6.07, 6.45) is 10.2. The molecule has 2 aliphatic rings. The number of nitrogens with zero attached hydrogens (tertiary/aromatic N) is 4. The van der Waals surface area contributed by atoms with E-state index in [2.05, 4.69) is 15.3 Å². The van der Waals surface area contributed by atoms with Crippen LogP contribution in [-0.2, 0) is 11.8 Å². The van der Waals surface area contributed by atoms with Crippen molar-refractivity contribution >= 4 is 30.7 Å². The van der Waals surface area contributed by atoms with Gasteiger partial charge in [-0.25, -0.2) is 0 Å². The van der Waals surface area contributed by atoms with Gasteiger partial charge in [-0.3, -0.25) is 14.4 Å². The van der Waals surface area contributed by atoms with Crippen LogP contribution < -0.4 is 5.32 Å². The van der Waals surface area contributed by atoms with E-state index < -0.39 is 0 Å². The number of likely N-dealkylation sites (N-methyl/N-ethyl adjacent to an activating group) is 1. The molecule has 1 aliphatic carbocycles. The van der Waals surface area contributed by atoms with E-state index in [4.69, 9.17) is 0 Å². The van der Waals surface area contributed by atoms with Crippen LogP contribution in [0.4, 0.5) is 0 Å². The fourth-order valence-corrected chi connectivity index (χ4v) is 4.00. The maximum absolute atomic E-state index is 12.9. The minimum Gasteiger partial charge on any atom is -0.340 e. The lowest BCUT2D eigenvalue weighted by atomic mass is 10.1. The van der Waals surface area contributed by atoms with Crippen molar-refractivity contribution in [3.05, 3.63) is 18.0 Å². The Morgan fingerprint density at radius 1 is 1.16 bits per heavy atom. The first-order valence-corrected chi connectivity index (χ1v) is 8.87. The zero-order valence-electron chi connectivity index (χ0n) is 15.2. The predicted octanol–water partition coefficient (Wildman–Crippen LogP) is 2.00. The molecule has 2 fully saturated rings. The number of aromatic nitrogens is 2. The third-order valence-electron chi connectivity index (χ3n) is 5.28. The summed E-state index contributed by atoms with van der Waals surface area (Å²) >= 11 is 0. The standard InChI is InChI=1S/C17H29N5O.2ClH/c1-18-16(14-12-19-20(2)13-14)17(23)22-9-5-8-21(10-11-22)15-6-3-4-7-15;;/h12-13,15-16,18H,3-11H2,1-2H3;2*1H. The summed E-state index contributed by atoms with van der Waals surface area (Å²) in [5, 5.41) is 7.35. The molecule has 0 spiro atoms. The molecule has 6 nitrogen and oxygen atoms in total. The maximum Gasteiger partial charge on any atom is 0.244 e. The van der Waals surface area contributed by atoms with E-state index in [9.17, 15) is 4.79 Å². The molecule has 8 heteroatoms. The molecule has 1 unspecified atom stereocenters. The third kappa shape index (κ3) is 5.33. The molecule has 2 heterocycles. The van der Waals surface area contributed by atoms with E-state index in [0.29, 0.717) is 0 Å². The molecule has 1 atom stereocenters. The molecule has 1 aliphatic heterocycles. The number of hydrogen-bond donors (Lipinski definition) is 1. The van der Waals surface area contributed by atoms with Crippen molar-refractivity contribution in [1.29, 1.82) is 0 Å². The van der Waals surface area contributed by atoms with Crippen LogP contribution in [0.15, 0.2) is 12.4 Å². The van der Waals surface area contributed by atoms with Gasteiger partial charge < -0.3 is 10.2 Å². The SMILES string of the molecule is CNC(C(=O)N1CCCN(C2CCCC2)CC1)c1cnn(C)c1.Cl.Cl. The monoisotopic (exact) mass is 391 g/mol. The van der Waals surface area contributed by atoms with E-state index in [1.165, 1.54) is 25.7 Å². The Labute approximate surface area is 163 Å². The predicted molar refractivity (Wildman–Crippen MR) is 105 cm³/mol. The van der Waals surface area contributed by atoms with Crippen LogP contribution in [0.2, 0.25) is 0 Å². The first-order chi connectivity index (χ1) is 11.2. The van der Waals surface area contributed by atoms with Gasteiger partial charge in [0.25, 0.3) is 0 Å². The van der Waals surface area contributed by atoms with Crippen LogP contribution in [0.1, 0.15) is 43.7 Å². The molecule has 1 saturated heterocycles. The van der Waals surface area contributed by atoms with Gasteiger partial charge in [0.2, 0.25) is 5.91 Å². The summed E-state index contributed by atoms with van der Waals surface area (Å²) in [4.78, 5) is 17.6. The van der Waals surface area contributed by atoms with Gasteiger partial charge >= 0.3 is 0 Å². The van der Waals surface area contributed by atoms with Gasteiger partial charge in [0.1, 0.15) is 6.04 Å². The van der Waals surface area contributed by atoms with Crippen LogP contribution >= 0.6 is 24.8 Å². The van der Waals surface area contributed by atoms with Gasteiger partial charge in [0, 0.05) is 51.0 Å². The van der Waals surface area contributed by atoms with Crippen LogP contribution in [-0.4, -0.2) is 64.8 Å². The average Bonchev–Trinajstić information content (AvgIpc) is 3.15. The summed E-state index contributed by atoms with van der Waals surface area (Å²) in [6, 6.07) is 0.463. The summed E-state index contributed by atoms with van der Waals surface area (Å²) in [5.74, 6) is 0.175. The van der Waals surface area contributed by atoms with Crippen molar-refractivity contribution in [3.8, 4) is 0 Å². The molecule has 1 saturated carbocycles. The number of aryl methyl sites for hydroxylation is 1. The van der Waals surface area contributed by atoms with Gasteiger partial charge in [-0.1, -0.05) is 12.8 Å². The second-order valence-corrected chi connectivity index (χ2v) is 6.82. The van der Waals surface area contributed by atoms with Crippen molar-refractivity contribution in [2.75, 3.05) is 33.2 Å².